The molecule has 0 aliphatic carbocycles. The molecule has 0 aliphatic heterocycles. The molecule has 3 rings (SSSR count). The molecule has 0 unspecified atom stereocenters. The quantitative estimate of drug-likeness (QED) is 0.251. The summed E-state index contributed by atoms with van der Waals surface area (Å²) in [5.74, 6) is 1.06. The van der Waals surface area contributed by atoms with E-state index in [1.54, 1.807) is 3.58 Å². The zero-order valence-electron chi connectivity index (χ0n) is 20.3. The molecule has 0 fully saturated rings. The van der Waals surface area contributed by atoms with Gasteiger partial charge in [-0.1, -0.05) is 0 Å². The number of aryl methyl sites for hydroxylation is 1. The van der Waals surface area contributed by atoms with Gasteiger partial charge in [0.25, 0.3) is 0 Å². The molecule has 3 nitrogen and oxygen atoms in total. The molecule has 0 bridgehead atoms. The first kappa shape index (κ1) is 24.2. The van der Waals surface area contributed by atoms with Gasteiger partial charge in [0.2, 0.25) is 0 Å². The molecule has 0 saturated heterocycles. The summed E-state index contributed by atoms with van der Waals surface area (Å²) < 4.78 is 8.48. The molecule has 1 N–H and O–H groups in total. The first-order chi connectivity index (χ1) is 15.1. The fraction of sp³-hybridized carbons (Fsp3) is 0.519. The molecule has 0 saturated carbocycles. The van der Waals surface area contributed by atoms with Crippen molar-refractivity contribution in [3.8, 4) is 11.4 Å². The third-order valence-electron chi connectivity index (χ3n) is 6.95. The second-order valence-corrected chi connectivity index (χ2v) is 22.4. The Hall–Kier alpha value is -1.49. The van der Waals surface area contributed by atoms with Gasteiger partial charge < -0.3 is 0 Å². The average Bonchev–Trinajstić information content (AvgIpc) is 3.14. The van der Waals surface area contributed by atoms with Crippen LogP contribution >= 0.6 is 0 Å². The number of imidazole rings is 1. The van der Waals surface area contributed by atoms with Crippen molar-refractivity contribution in [2.24, 2.45) is 7.05 Å². The zero-order valence-corrected chi connectivity index (χ0v) is 23.2. The van der Waals surface area contributed by atoms with E-state index in [0.29, 0.717) is 0 Å². The van der Waals surface area contributed by atoms with Gasteiger partial charge in [-0.05, 0) is 0 Å². The second kappa shape index (κ2) is 11.4. The van der Waals surface area contributed by atoms with Crippen LogP contribution in [0.5, 0.6) is 0 Å². The third kappa shape index (κ3) is 5.47. The number of hydrogen-bond acceptors (Lipinski definition) is 2. The van der Waals surface area contributed by atoms with Crippen LogP contribution in [0.25, 0.3) is 22.4 Å². The van der Waals surface area contributed by atoms with Crippen molar-refractivity contribution >= 4 is 38.7 Å². The Kier molecular flexibility index (Phi) is 8.88. The Balaban J connectivity index is 2.04. The van der Waals surface area contributed by atoms with Crippen molar-refractivity contribution in [1.82, 2.24) is 9.55 Å². The number of benzene rings is 2. The Morgan fingerprint density at radius 1 is 0.839 bits per heavy atom. The summed E-state index contributed by atoms with van der Waals surface area (Å²) in [6.07, 6.45) is 8.13. The minimum absolute atomic E-state index is 1.06. The van der Waals surface area contributed by atoms with Crippen LogP contribution in [0, 0.1) is 0 Å². The number of unbranched alkanes of at least 4 members (excludes halogenated alkanes) is 3. The summed E-state index contributed by atoms with van der Waals surface area (Å²) in [5.41, 5.74) is 4.74. The predicted octanol–water partition coefficient (Wildman–Crippen LogP) is 7.34. The fourth-order valence-corrected chi connectivity index (χ4v) is 20.9. The van der Waals surface area contributed by atoms with Gasteiger partial charge in [-0.3, -0.25) is 0 Å². The van der Waals surface area contributed by atoms with E-state index in [9.17, 15) is 0 Å². The van der Waals surface area contributed by atoms with Crippen LogP contribution in [0.15, 0.2) is 42.5 Å². The summed E-state index contributed by atoms with van der Waals surface area (Å²) in [7, 11) is 4.11. The van der Waals surface area contributed by atoms with Gasteiger partial charge in [0, 0.05) is 0 Å². The maximum atomic E-state index is 5.13. The molecular weight excluding hydrogens is 485 g/mol. The molecule has 1 aromatic heterocycles. The summed E-state index contributed by atoms with van der Waals surface area (Å²) in [4.78, 5) is 5.13. The molecule has 168 valence electrons. The number of anilines is 1. The van der Waals surface area contributed by atoms with Crippen LogP contribution < -0.4 is 8.90 Å². The number of aromatic nitrogens is 2. The van der Waals surface area contributed by atoms with E-state index < -0.39 is 18.4 Å². The molecule has 2 aromatic carbocycles. The molecule has 0 radical (unpaired) electrons. The number of fused-ring (bicyclic) bond motifs is 1. The Labute approximate surface area is 193 Å². The Morgan fingerprint density at radius 2 is 1.42 bits per heavy atom. The van der Waals surface area contributed by atoms with Gasteiger partial charge in [0.05, 0.1) is 0 Å². The average molecular weight is 526 g/mol. The van der Waals surface area contributed by atoms with E-state index in [1.807, 2.05) is 7.05 Å². The SMILES string of the molecule is CCC[CH2][Sn]([CH2]CCC)([CH2]CCC)[c]1ccc2c(c1)nc(-c1ccc(NC)cc1)n2C. The normalized spacial score (nSPS) is 11.9. The fourth-order valence-electron chi connectivity index (χ4n) is 4.93. The number of hydrogen-bond donors (Lipinski definition) is 1. The van der Waals surface area contributed by atoms with Crippen LogP contribution in [-0.4, -0.2) is 35.0 Å². The monoisotopic (exact) mass is 527 g/mol. The van der Waals surface area contributed by atoms with Crippen LogP contribution in [0.3, 0.4) is 0 Å². The van der Waals surface area contributed by atoms with Gasteiger partial charge >= 0.3 is 194 Å². The van der Waals surface area contributed by atoms with Crippen LogP contribution in [0.4, 0.5) is 5.69 Å². The van der Waals surface area contributed by atoms with Crippen molar-refractivity contribution < 1.29 is 0 Å². The maximum absolute atomic E-state index is 5.13. The van der Waals surface area contributed by atoms with Crippen LogP contribution in [0.1, 0.15) is 59.3 Å². The molecule has 3 aromatic rings. The molecule has 0 amide bonds. The van der Waals surface area contributed by atoms with Crippen molar-refractivity contribution in [3.63, 3.8) is 0 Å². The van der Waals surface area contributed by atoms with E-state index in [4.69, 9.17) is 4.98 Å². The van der Waals surface area contributed by atoms with Crippen LogP contribution in [-0.2, 0) is 7.05 Å². The van der Waals surface area contributed by atoms with Crippen molar-refractivity contribution in [2.45, 2.75) is 72.6 Å². The number of rotatable bonds is 12. The topological polar surface area (TPSA) is 29.9 Å². The molecular formula is C27H41N3Sn. The van der Waals surface area contributed by atoms with Crippen molar-refractivity contribution in [2.75, 3.05) is 12.4 Å². The number of nitrogens with zero attached hydrogens (tertiary/aromatic N) is 2. The Morgan fingerprint density at radius 3 is 1.94 bits per heavy atom. The zero-order chi connectivity index (χ0) is 22.3. The molecule has 31 heavy (non-hydrogen) atoms. The first-order valence-electron chi connectivity index (χ1n) is 12.3. The van der Waals surface area contributed by atoms with Gasteiger partial charge in [-0.25, -0.2) is 0 Å². The summed E-state index contributed by atoms with van der Waals surface area (Å²) in [6.45, 7) is 7.05. The molecule has 4 heteroatoms. The predicted molar refractivity (Wildman–Crippen MR) is 140 cm³/mol. The minimum atomic E-state index is -2.43. The molecule has 0 atom stereocenters. The first-order valence-corrected chi connectivity index (χ1v) is 19.8. The standard InChI is InChI=1S/C15H14N3.3C4H9.Sn/c1-16-12-9-7-11(8-10-12)15-17-13-5-3-4-6-14(13)18(15)2;3*1-3-4-2;/h4-10,16H,1-2H3;3*1,3-4H2,2H3;. The van der Waals surface area contributed by atoms with Gasteiger partial charge in [0.15, 0.2) is 0 Å². The van der Waals surface area contributed by atoms with Gasteiger partial charge in [-0.15, -0.1) is 0 Å². The van der Waals surface area contributed by atoms with Crippen LogP contribution in [0.2, 0.25) is 13.3 Å². The summed E-state index contributed by atoms with van der Waals surface area (Å²) in [5, 5.41) is 3.20. The molecule has 0 aliphatic rings. The van der Waals surface area contributed by atoms with Crippen molar-refractivity contribution in [1.29, 1.82) is 0 Å². The molecule has 1 heterocycles. The van der Waals surface area contributed by atoms with Gasteiger partial charge in [0.1, 0.15) is 0 Å². The number of nitrogens with one attached hydrogen (secondary N) is 1. The van der Waals surface area contributed by atoms with Gasteiger partial charge in [-0.2, -0.15) is 0 Å². The molecule has 0 spiro atoms. The van der Waals surface area contributed by atoms with E-state index in [1.165, 1.54) is 68.4 Å². The Bertz CT molecular complexity index is 937. The van der Waals surface area contributed by atoms with E-state index in [2.05, 4.69) is 80.2 Å². The van der Waals surface area contributed by atoms with E-state index in [-0.39, 0.29) is 0 Å². The van der Waals surface area contributed by atoms with Crippen molar-refractivity contribution in [3.05, 3.63) is 42.5 Å². The van der Waals surface area contributed by atoms with E-state index >= 15 is 0 Å². The summed E-state index contributed by atoms with van der Waals surface area (Å²) in [6, 6.07) is 15.9. The van der Waals surface area contributed by atoms with E-state index in [0.717, 1.165) is 11.5 Å². The third-order valence-corrected chi connectivity index (χ3v) is 22.6. The second-order valence-electron chi connectivity index (χ2n) is 9.12. The summed E-state index contributed by atoms with van der Waals surface area (Å²) >= 11 is -2.43.